The summed E-state index contributed by atoms with van der Waals surface area (Å²) in [7, 11) is 0. The number of carbonyl (C=O) groups is 1. The van der Waals surface area contributed by atoms with Crippen LogP contribution in [0.4, 0.5) is 27.1 Å². The van der Waals surface area contributed by atoms with E-state index in [-0.39, 0.29) is 5.88 Å². The van der Waals surface area contributed by atoms with Gasteiger partial charge in [0.15, 0.2) is 10.9 Å². The molecule has 246 valence electrons. The van der Waals surface area contributed by atoms with Crippen molar-refractivity contribution >= 4 is 39.8 Å². The molecule has 1 fully saturated rings. The van der Waals surface area contributed by atoms with Gasteiger partial charge in [-0.15, -0.1) is 11.3 Å². The van der Waals surface area contributed by atoms with Crippen LogP contribution in [0.1, 0.15) is 45.6 Å². The number of carbonyl (C=O) groups excluding carboxylic acids is 1. The quantitative estimate of drug-likeness (QED) is 0.138. The van der Waals surface area contributed by atoms with E-state index in [4.69, 9.17) is 14.7 Å². The summed E-state index contributed by atoms with van der Waals surface area (Å²) in [5.74, 6) is 1.52. The molecule has 0 saturated heterocycles. The van der Waals surface area contributed by atoms with E-state index in [1.165, 1.54) is 11.3 Å². The number of benzene rings is 3. The van der Waals surface area contributed by atoms with Crippen molar-refractivity contribution in [2.75, 3.05) is 10.6 Å². The highest BCUT2D eigenvalue weighted by Crippen LogP contribution is 2.46. The molecule has 1 saturated carbocycles. The molecular formula is C38H35N7O3S. The van der Waals surface area contributed by atoms with Crippen molar-refractivity contribution in [2.45, 2.75) is 51.2 Å². The Morgan fingerprint density at radius 1 is 0.959 bits per heavy atom. The number of fused-ring (bicyclic) bond motifs is 5. The molecule has 11 heteroatoms. The number of amides is 1. The number of hydrogen-bond acceptors (Lipinski definition) is 9. The number of para-hydroxylation sites is 1. The Balaban J connectivity index is 1.25. The van der Waals surface area contributed by atoms with E-state index in [9.17, 15) is 9.90 Å². The van der Waals surface area contributed by atoms with Crippen molar-refractivity contribution in [1.82, 2.24) is 24.8 Å². The van der Waals surface area contributed by atoms with Gasteiger partial charge in [0, 0.05) is 28.6 Å². The number of rotatable bonds is 6. The van der Waals surface area contributed by atoms with Crippen LogP contribution in [0.2, 0.25) is 0 Å². The lowest BCUT2D eigenvalue weighted by Gasteiger charge is -2.43. The van der Waals surface area contributed by atoms with Gasteiger partial charge in [-0.2, -0.15) is 4.98 Å². The highest BCUT2D eigenvalue weighted by molar-refractivity contribution is 7.13. The second kappa shape index (κ2) is 11.8. The molecule has 1 aliphatic heterocycles. The van der Waals surface area contributed by atoms with Crippen molar-refractivity contribution in [3.05, 3.63) is 102 Å². The van der Waals surface area contributed by atoms with E-state index >= 15 is 0 Å². The van der Waals surface area contributed by atoms with Gasteiger partial charge in [0.1, 0.15) is 11.4 Å². The summed E-state index contributed by atoms with van der Waals surface area (Å²) >= 11 is 1.34. The van der Waals surface area contributed by atoms with Crippen LogP contribution >= 0.6 is 11.3 Å². The number of alkyl carbamates (subject to hydrolysis) is 1. The van der Waals surface area contributed by atoms with Crippen LogP contribution in [0.3, 0.4) is 0 Å². The van der Waals surface area contributed by atoms with E-state index < -0.39 is 17.2 Å². The molecule has 49 heavy (non-hydrogen) atoms. The van der Waals surface area contributed by atoms with E-state index in [1.807, 2.05) is 69.3 Å². The van der Waals surface area contributed by atoms with Crippen LogP contribution in [-0.2, 0) is 10.3 Å². The van der Waals surface area contributed by atoms with Crippen molar-refractivity contribution in [2.24, 2.45) is 0 Å². The molecular weight excluding hydrogens is 635 g/mol. The molecule has 4 heterocycles. The number of nitrogens with one attached hydrogen (secondary N) is 3. The summed E-state index contributed by atoms with van der Waals surface area (Å²) < 4.78 is 7.81. The molecule has 0 radical (unpaired) electrons. The standard InChI is InChI=1S/C38H35N7O3S/c1-37(2,3)48-36(47)44-38(19-7-20-38)25-15-11-24(12-16-25)32-31(23-13-17-26(18-14-23)40-35-42-30(46)22-49-35)43-34-27-8-4-5-9-28(27)41-33-29(45(32)34)10-6-21-39-33/h4-6,8-18,21-22,46H,7,19-20H2,1-3H3,(H,39,41)(H,40,42)(H,44,47). The van der Waals surface area contributed by atoms with Gasteiger partial charge in [-0.3, -0.25) is 4.57 Å². The average Bonchev–Trinajstić information content (AvgIpc) is 3.63. The first-order valence-electron chi connectivity index (χ1n) is 16.2. The van der Waals surface area contributed by atoms with Crippen molar-refractivity contribution in [3.63, 3.8) is 0 Å². The van der Waals surface area contributed by atoms with E-state index in [0.717, 1.165) is 81.6 Å². The monoisotopic (exact) mass is 669 g/mol. The highest BCUT2D eigenvalue weighted by Gasteiger charge is 2.41. The van der Waals surface area contributed by atoms with Gasteiger partial charge in [-0.1, -0.05) is 48.5 Å². The molecule has 0 bridgehead atoms. The number of nitrogens with zero attached hydrogens (tertiary/aromatic N) is 4. The third-order valence-corrected chi connectivity index (χ3v) is 9.63. The predicted octanol–water partition coefficient (Wildman–Crippen LogP) is 9.13. The fraction of sp³-hybridized carbons (Fsp3) is 0.211. The number of aromatic hydroxyl groups is 1. The SMILES string of the molecule is CC(C)(C)OC(=O)NC1(c2ccc(-c3c(-c4ccc(Nc5nc(O)cs5)cc4)nc4n3-c3cccnc3Nc3ccccc3-4)cc2)CCC1. The Bertz CT molecular complexity index is 2180. The summed E-state index contributed by atoms with van der Waals surface area (Å²) in [5, 5.41) is 21.8. The van der Waals surface area contributed by atoms with E-state index in [1.54, 1.807) is 11.6 Å². The Morgan fingerprint density at radius 2 is 1.71 bits per heavy atom. The van der Waals surface area contributed by atoms with E-state index in [0.29, 0.717) is 5.13 Å². The number of aromatic nitrogens is 4. The first-order valence-corrected chi connectivity index (χ1v) is 17.1. The van der Waals surface area contributed by atoms with Crippen LogP contribution in [-0.4, -0.2) is 36.3 Å². The maximum Gasteiger partial charge on any atom is 0.408 e. The molecule has 1 aliphatic carbocycles. The largest absolute Gasteiger partial charge is 0.493 e. The third kappa shape index (κ3) is 5.76. The van der Waals surface area contributed by atoms with Crippen molar-refractivity contribution in [3.8, 4) is 45.5 Å². The molecule has 3 aromatic heterocycles. The van der Waals surface area contributed by atoms with Gasteiger partial charge in [0.05, 0.1) is 33.7 Å². The van der Waals surface area contributed by atoms with Gasteiger partial charge >= 0.3 is 6.09 Å². The first kappa shape index (κ1) is 30.6. The Labute approximate surface area is 287 Å². The molecule has 8 rings (SSSR count). The number of hydrogen-bond donors (Lipinski definition) is 4. The van der Waals surface area contributed by atoms with Gasteiger partial charge in [0.25, 0.3) is 0 Å². The van der Waals surface area contributed by atoms with Gasteiger partial charge < -0.3 is 25.8 Å². The third-order valence-electron chi connectivity index (χ3n) is 8.89. The lowest BCUT2D eigenvalue weighted by molar-refractivity contribution is 0.0377. The first-order chi connectivity index (χ1) is 23.7. The topological polar surface area (TPSA) is 126 Å². The normalized spacial score (nSPS) is 14.3. The Hall–Kier alpha value is -5.68. The summed E-state index contributed by atoms with van der Waals surface area (Å²) in [6, 6.07) is 28.6. The number of ether oxygens (including phenoxy) is 1. The molecule has 0 unspecified atom stereocenters. The average molecular weight is 670 g/mol. The second-order valence-corrected chi connectivity index (χ2v) is 14.2. The summed E-state index contributed by atoms with van der Waals surface area (Å²) in [6.45, 7) is 5.62. The fourth-order valence-corrected chi connectivity index (χ4v) is 7.10. The second-order valence-electron chi connectivity index (χ2n) is 13.4. The molecule has 1 amide bonds. The maximum atomic E-state index is 12.9. The van der Waals surface area contributed by atoms with E-state index in [2.05, 4.69) is 61.9 Å². The van der Waals surface area contributed by atoms with Crippen LogP contribution in [0, 0.1) is 0 Å². The van der Waals surface area contributed by atoms with Crippen LogP contribution in [0.5, 0.6) is 5.88 Å². The van der Waals surface area contributed by atoms with Crippen LogP contribution in [0.15, 0.2) is 96.5 Å². The number of anilines is 4. The molecule has 0 atom stereocenters. The summed E-state index contributed by atoms with van der Waals surface area (Å²) in [5.41, 5.74) is 7.26. The minimum absolute atomic E-state index is 0.00678. The highest BCUT2D eigenvalue weighted by atomic mass is 32.1. The minimum Gasteiger partial charge on any atom is -0.493 e. The zero-order chi connectivity index (χ0) is 33.8. The van der Waals surface area contributed by atoms with Crippen molar-refractivity contribution < 1.29 is 14.6 Å². The Kier molecular flexibility index (Phi) is 7.37. The summed E-state index contributed by atoms with van der Waals surface area (Å²) in [6.07, 6.45) is 4.11. The Morgan fingerprint density at radius 3 is 2.41 bits per heavy atom. The molecule has 10 nitrogen and oxygen atoms in total. The lowest BCUT2D eigenvalue weighted by atomic mass is 9.71. The zero-order valence-electron chi connectivity index (χ0n) is 27.3. The number of pyridine rings is 1. The molecule has 2 aliphatic rings. The van der Waals surface area contributed by atoms with Crippen molar-refractivity contribution in [1.29, 1.82) is 0 Å². The number of imidazole rings is 1. The molecule has 0 spiro atoms. The van der Waals surface area contributed by atoms with Gasteiger partial charge in [0.2, 0.25) is 5.88 Å². The molecule has 3 aromatic carbocycles. The smallest absolute Gasteiger partial charge is 0.408 e. The predicted molar refractivity (Wildman–Crippen MR) is 193 cm³/mol. The van der Waals surface area contributed by atoms with Gasteiger partial charge in [-0.05, 0) is 82.0 Å². The number of thiazole rings is 1. The maximum absolute atomic E-state index is 12.9. The zero-order valence-corrected chi connectivity index (χ0v) is 28.1. The minimum atomic E-state index is -0.578. The van der Waals surface area contributed by atoms with Crippen LogP contribution < -0.4 is 16.0 Å². The van der Waals surface area contributed by atoms with Gasteiger partial charge in [-0.25, -0.2) is 14.8 Å². The molecule has 6 aromatic rings. The summed E-state index contributed by atoms with van der Waals surface area (Å²) in [4.78, 5) is 27.0. The fourth-order valence-electron chi connectivity index (χ4n) is 6.51. The lowest BCUT2D eigenvalue weighted by Crippen LogP contribution is -2.52. The molecule has 4 N–H and O–H groups in total. The van der Waals surface area contributed by atoms with Crippen LogP contribution in [0.25, 0.3) is 39.6 Å².